The molecule has 2 heterocycles. The third-order valence-corrected chi connectivity index (χ3v) is 6.28. The Morgan fingerprint density at radius 1 is 0.906 bits per heavy atom. The third-order valence-electron chi connectivity index (χ3n) is 6.28. The van der Waals surface area contributed by atoms with Crippen LogP contribution in [0, 0.1) is 18.3 Å². The third kappa shape index (κ3) is 3.16. The van der Waals surface area contributed by atoms with Crippen molar-refractivity contribution >= 4 is 21.9 Å². The minimum atomic E-state index is 0.470. The Hall–Kier alpha value is -3.90. The molecule has 0 saturated carbocycles. The molecule has 3 aromatic carbocycles. The van der Waals surface area contributed by atoms with Crippen LogP contribution in [0.3, 0.4) is 0 Å². The fraction of sp³-hybridized carbons (Fsp3) is 0.172. The van der Waals surface area contributed by atoms with Gasteiger partial charge < -0.3 is 4.42 Å². The first-order chi connectivity index (χ1) is 15.5. The number of rotatable bonds is 3. The van der Waals surface area contributed by atoms with E-state index < -0.39 is 0 Å². The molecule has 0 saturated heterocycles. The summed E-state index contributed by atoms with van der Waals surface area (Å²) in [4.78, 5) is 0. The summed E-state index contributed by atoms with van der Waals surface area (Å²) >= 11 is 0. The molecule has 0 aliphatic carbocycles. The van der Waals surface area contributed by atoms with Gasteiger partial charge in [-0.15, -0.1) is 0 Å². The zero-order valence-electron chi connectivity index (χ0n) is 18.8. The number of hydrogen-bond donors (Lipinski definition) is 0. The van der Waals surface area contributed by atoms with Crippen molar-refractivity contribution in [1.82, 2.24) is 0 Å². The van der Waals surface area contributed by atoms with Gasteiger partial charge in [-0.1, -0.05) is 50.2 Å². The van der Waals surface area contributed by atoms with E-state index in [1.165, 1.54) is 5.56 Å². The largest absolute Gasteiger partial charge is 0.454 e. The summed E-state index contributed by atoms with van der Waals surface area (Å²) in [5, 5.41) is 11.7. The molecule has 32 heavy (non-hydrogen) atoms. The predicted octanol–water partition coefficient (Wildman–Crippen LogP) is 7.05. The Morgan fingerprint density at radius 3 is 2.38 bits per heavy atom. The standard InChI is InChI=1S/C29H25N2O/c1-18(2)21-9-11-22(12-10-21)24-15-20(17-30)16-25-23-13-8-19(3)27(29(23)32-28(24)25)26-7-5-6-14-31(26)4/h5-16,18H,1-4H3/q+1. The SMILES string of the molecule is Cc1ccc2c(oc3c(-c4ccc(C(C)C)cc4)cc(C#N)cc32)c1-c1cccc[n+]1C. The van der Waals surface area contributed by atoms with Crippen molar-refractivity contribution in [1.29, 1.82) is 5.26 Å². The van der Waals surface area contributed by atoms with Crippen LogP contribution in [-0.2, 0) is 7.05 Å². The molecular weight excluding hydrogens is 392 g/mol. The minimum absolute atomic E-state index is 0.470. The highest BCUT2D eigenvalue weighted by Crippen LogP contribution is 2.41. The van der Waals surface area contributed by atoms with Crippen molar-refractivity contribution in [3.63, 3.8) is 0 Å². The van der Waals surface area contributed by atoms with Crippen LogP contribution in [0.2, 0.25) is 0 Å². The van der Waals surface area contributed by atoms with Gasteiger partial charge in [0.1, 0.15) is 18.2 Å². The Balaban J connectivity index is 1.85. The van der Waals surface area contributed by atoms with E-state index in [-0.39, 0.29) is 0 Å². The van der Waals surface area contributed by atoms with Gasteiger partial charge in [0.2, 0.25) is 5.69 Å². The highest BCUT2D eigenvalue weighted by atomic mass is 16.3. The van der Waals surface area contributed by atoms with Gasteiger partial charge in [0, 0.05) is 28.5 Å². The van der Waals surface area contributed by atoms with Crippen LogP contribution in [0.15, 0.2) is 77.3 Å². The summed E-state index contributed by atoms with van der Waals surface area (Å²) in [5.41, 5.74) is 8.95. The lowest BCUT2D eigenvalue weighted by Gasteiger charge is -2.08. The molecule has 0 amide bonds. The van der Waals surface area contributed by atoms with E-state index in [9.17, 15) is 5.26 Å². The second kappa shape index (κ2) is 7.66. The van der Waals surface area contributed by atoms with Crippen LogP contribution in [0.25, 0.3) is 44.3 Å². The molecule has 2 aromatic heterocycles. The number of fused-ring (bicyclic) bond motifs is 3. The maximum Gasteiger partial charge on any atom is 0.216 e. The van der Waals surface area contributed by atoms with E-state index in [4.69, 9.17) is 4.42 Å². The van der Waals surface area contributed by atoms with E-state index in [1.54, 1.807) is 0 Å². The second-order valence-electron chi connectivity index (χ2n) is 8.72. The molecule has 0 radical (unpaired) electrons. The van der Waals surface area contributed by atoms with E-state index in [0.29, 0.717) is 11.5 Å². The Kier molecular flexibility index (Phi) is 4.79. The smallest absolute Gasteiger partial charge is 0.216 e. The number of nitriles is 1. The molecular formula is C29H25N2O+. The monoisotopic (exact) mass is 417 g/mol. The molecule has 0 fully saturated rings. The molecule has 0 N–H and O–H groups in total. The quantitative estimate of drug-likeness (QED) is 0.295. The summed E-state index contributed by atoms with van der Waals surface area (Å²) in [6.07, 6.45) is 2.05. The second-order valence-corrected chi connectivity index (χ2v) is 8.72. The summed E-state index contributed by atoms with van der Waals surface area (Å²) in [7, 11) is 2.05. The highest BCUT2D eigenvalue weighted by Gasteiger charge is 2.22. The van der Waals surface area contributed by atoms with Crippen LogP contribution in [0.4, 0.5) is 0 Å². The molecule has 3 heteroatoms. The van der Waals surface area contributed by atoms with E-state index in [2.05, 4.69) is 73.9 Å². The zero-order chi connectivity index (χ0) is 22.4. The number of furan rings is 1. The maximum absolute atomic E-state index is 9.72. The van der Waals surface area contributed by atoms with Crippen molar-refractivity contribution in [2.75, 3.05) is 0 Å². The molecule has 0 spiro atoms. The van der Waals surface area contributed by atoms with Crippen molar-refractivity contribution in [3.8, 4) is 28.5 Å². The van der Waals surface area contributed by atoms with Gasteiger partial charge >= 0.3 is 0 Å². The normalized spacial score (nSPS) is 11.4. The number of pyridine rings is 1. The number of aromatic nitrogens is 1. The Morgan fingerprint density at radius 2 is 1.69 bits per heavy atom. The first-order valence-electron chi connectivity index (χ1n) is 10.9. The molecule has 0 unspecified atom stereocenters. The van der Waals surface area contributed by atoms with Crippen LogP contribution in [0.1, 0.15) is 36.5 Å². The highest BCUT2D eigenvalue weighted by molar-refractivity contribution is 6.13. The van der Waals surface area contributed by atoms with Gasteiger partial charge in [-0.2, -0.15) is 5.26 Å². The van der Waals surface area contributed by atoms with Crippen LogP contribution < -0.4 is 4.57 Å². The summed E-state index contributed by atoms with van der Waals surface area (Å²) in [5.74, 6) is 0.470. The topological polar surface area (TPSA) is 40.8 Å². The lowest BCUT2D eigenvalue weighted by atomic mass is 9.95. The number of benzene rings is 3. The molecule has 3 nitrogen and oxygen atoms in total. The van der Waals surface area contributed by atoms with Crippen molar-refractivity contribution in [3.05, 3.63) is 89.6 Å². The van der Waals surface area contributed by atoms with Gasteiger partial charge in [-0.3, -0.25) is 0 Å². The van der Waals surface area contributed by atoms with E-state index >= 15 is 0 Å². The van der Waals surface area contributed by atoms with Crippen LogP contribution >= 0.6 is 0 Å². The molecule has 156 valence electrons. The predicted molar refractivity (Wildman–Crippen MR) is 129 cm³/mol. The maximum atomic E-state index is 9.72. The van der Waals surface area contributed by atoms with E-state index in [1.807, 2.05) is 37.5 Å². The van der Waals surface area contributed by atoms with Gasteiger partial charge in [0.05, 0.1) is 17.2 Å². The van der Waals surface area contributed by atoms with Crippen LogP contribution in [0.5, 0.6) is 0 Å². The van der Waals surface area contributed by atoms with Crippen LogP contribution in [-0.4, -0.2) is 0 Å². The average Bonchev–Trinajstić information content (AvgIpc) is 3.17. The molecule has 5 rings (SSSR count). The molecule has 0 bridgehead atoms. The first-order valence-corrected chi connectivity index (χ1v) is 10.9. The van der Waals surface area contributed by atoms with Gasteiger partial charge in [-0.25, -0.2) is 4.57 Å². The van der Waals surface area contributed by atoms with Gasteiger partial charge in [0.15, 0.2) is 6.20 Å². The number of aryl methyl sites for hydroxylation is 2. The Bertz CT molecular complexity index is 1520. The average molecular weight is 418 g/mol. The minimum Gasteiger partial charge on any atom is -0.454 e. The Labute approximate surface area is 188 Å². The summed E-state index contributed by atoms with van der Waals surface area (Å²) in [6, 6.07) is 25.2. The number of hydrogen-bond acceptors (Lipinski definition) is 2. The van der Waals surface area contributed by atoms with Gasteiger partial charge in [0.25, 0.3) is 0 Å². The first kappa shape index (κ1) is 20.0. The lowest BCUT2D eigenvalue weighted by molar-refractivity contribution is -0.660. The molecule has 5 aromatic rings. The van der Waals surface area contributed by atoms with Crippen molar-refractivity contribution in [2.24, 2.45) is 7.05 Å². The fourth-order valence-corrected chi connectivity index (χ4v) is 4.47. The number of nitrogens with zero attached hydrogens (tertiary/aromatic N) is 2. The molecule has 0 aliphatic rings. The lowest BCUT2D eigenvalue weighted by Crippen LogP contribution is -2.30. The fourth-order valence-electron chi connectivity index (χ4n) is 4.47. The van der Waals surface area contributed by atoms with Gasteiger partial charge in [-0.05, 0) is 47.7 Å². The summed E-state index contributed by atoms with van der Waals surface area (Å²) < 4.78 is 8.73. The zero-order valence-corrected chi connectivity index (χ0v) is 18.8. The summed E-state index contributed by atoms with van der Waals surface area (Å²) in [6.45, 7) is 6.49. The van der Waals surface area contributed by atoms with Crippen molar-refractivity contribution < 1.29 is 8.98 Å². The van der Waals surface area contributed by atoms with Crippen molar-refractivity contribution in [2.45, 2.75) is 26.7 Å². The van der Waals surface area contributed by atoms with E-state index in [0.717, 1.165) is 49.9 Å². The molecule has 0 atom stereocenters. The molecule has 0 aliphatic heterocycles.